The number of nitrogens with zero attached hydrogens (tertiary/aromatic N) is 4. The molecule has 1 saturated heterocycles. The van der Waals surface area contributed by atoms with Crippen molar-refractivity contribution in [2.75, 3.05) is 38.5 Å². The standard InChI is InChI=1S/C20H27N5O2/c1-14(2)27-18-8-6-5-7-16(18)22-20-21-15(3)13-17(23-20)19(26)25-11-9-24(4)10-12-25/h5-8,13-14H,9-12H2,1-4H3,(H,21,22,23). The molecule has 2 heterocycles. The van der Waals surface area contributed by atoms with Gasteiger partial charge in [0.2, 0.25) is 5.95 Å². The number of carbonyl (C=O) groups is 1. The molecule has 27 heavy (non-hydrogen) atoms. The summed E-state index contributed by atoms with van der Waals surface area (Å²) in [6.07, 6.45) is 0.0562. The molecule has 0 spiro atoms. The lowest BCUT2D eigenvalue weighted by Gasteiger charge is -2.32. The Balaban J connectivity index is 1.81. The van der Waals surface area contributed by atoms with E-state index in [0.717, 1.165) is 30.2 Å². The third kappa shape index (κ3) is 4.95. The van der Waals surface area contributed by atoms with Crippen molar-refractivity contribution in [2.45, 2.75) is 26.9 Å². The summed E-state index contributed by atoms with van der Waals surface area (Å²) in [5.74, 6) is 1.07. The first-order valence-electron chi connectivity index (χ1n) is 9.28. The van der Waals surface area contributed by atoms with Gasteiger partial charge in [0.15, 0.2) is 0 Å². The molecule has 7 heteroatoms. The number of aromatic nitrogens is 2. The molecule has 7 nitrogen and oxygen atoms in total. The maximum atomic E-state index is 12.8. The van der Waals surface area contributed by atoms with Gasteiger partial charge in [-0.25, -0.2) is 9.97 Å². The van der Waals surface area contributed by atoms with Crippen LogP contribution in [0.15, 0.2) is 30.3 Å². The van der Waals surface area contributed by atoms with Crippen LogP contribution >= 0.6 is 0 Å². The Bertz CT molecular complexity index is 801. The second kappa shape index (κ2) is 8.35. The fourth-order valence-corrected chi connectivity index (χ4v) is 2.95. The lowest BCUT2D eigenvalue weighted by atomic mass is 10.2. The number of hydrogen-bond acceptors (Lipinski definition) is 6. The monoisotopic (exact) mass is 369 g/mol. The molecule has 1 N–H and O–H groups in total. The SMILES string of the molecule is Cc1cc(C(=O)N2CCN(C)CC2)nc(Nc2ccccc2OC(C)C)n1. The molecule has 0 atom stereocenters. The van der Waals surface area contributed by atoms with Gasteiger partial charge in [-0.05, 0) is 46.0 Å². The Hall–Kier alpha value is -2.67. The summed E-state index contributed by atoms with van der Waals surface area (Å²) in [6, 6.07) is 9.38. The average Bonchev–Trinajstić information content (AvgIpc) is 2.62. The normalized spacial score (nSPS) is 15.1. The van der Waals surface area contributed by atoms with Crippen LogP contribution in [0, 0.1) is 6.92 Å². The highest BCUT2D eigenvalue weighted by molar-refractivity contribution is 5.92. The number of piperazine rings is 1. The average molecular weight is 369 g/mol. The van der Waals surface area contributed by atoms with Gasteiger partial charge in [-0.15, -0.1) is 0 Å². The van der Waals surface area contributed by atoms with Crippen LogP contribution in [-0.4, -0.2) is 65.0 Å². The highest BCUT2D eigenvalue weighted by Crippen LogP contribution is 2.27. The quantitative estimate of drug-likeness (QED) is 0.874. The number of ether oxygens (including phenoxy) is 1. The van der Waals surface area contributed by atoms with E-state index in [1.165, 1.54) is 0 Å². The molecule has 0 saturated carbocycles. The molecule has 3 rings (SSSR count). The second-order valence-electron chi connectivity index (χ2n) is 7.10. The molecule has 1 aromatic heterocycles. The van der Waals surface area contributed by atoms with Crippen molar-refractivity contribution < 1.29 is 9.53 Å². The summed E-state index contributed by atoms with van der Waals surface area (Å²) in [5.41, 5.74) is 1.93. The Morgan fingerprint density at radius 3 is 2.56 bits per heavy atom. The molecule has 2 aromatic rings. The van der Waals surface area contributed by atoms with Crippen LogP contribution in [0.1, 0.15) is 30.0 Å². The molecule has 1 aromatic carbocycles. The molecule has 0 aliphatic carbocycles. The van der Waals surface area contributed by atoms with Crippen LogP contribution in [0.25, 0.3) is 0 Å². The van der Waals surface area contributed by atoms with E-state index < -0.39 is 0 Å². The van der Waals surface area contributed by atoms with Crippen LogP contribution in [0.5, 0.6) is 5.75 Å². The van der Waals surface area contributed by atoms with Crippen molar-refractivity contribution in [3.05, 3.63) is 41.7 Å². The Kier molecular flexibility index (Phi) is 5.91. The maximum Gasteiger partial charge on any atom is 0.272 e. The minimum atomic E-state index is -0.0524. The van der Waals surface area contributed by atoms with Crippen molar-refractivity contribution in [1.82, 2.24) is 19.8 Å². The van der Waals surface area contributed by atoms with Crippen LogP contribution < -0.4 is 10.1 Å². The number of rotatable bonds is 5. The second-order valence-corrected chi connectivity index (χ2v) is 7.10. The zero-order valence-electron chi connectivity index (χ0n) is 16.4. The molecule has 0 radical (unpaired) electrons. The van der Waals surface area contributed by atoms with Crippen LogP contribution in [0.2, 0.25) is 0 Å². The summed E-state index contributed by atoms with van der Waals surface area (Å²) in [4.78, 5) is 25.8. The summed E-state index contributed by atoms with van der Waals surface area (Å²) in [6.45, 7) is 9.00. The lowest BCUT2D eigenvalue weighted by molar-refractivity contribution is 0.0658. The zero-order chi connectivity index (χ0) is 19.4. The molecule has 1 amide bonds. The number of anilines is 2. The van der Waals surface area contributed by atoms with E-state index in [0.29, 0.717) is 24.7 Å². The smallest absolute Gasteiger partial charge is 0.272 e. The highest BCUT2D eigenvalue weighted by atomic mass is 16.5. The van der Waals surface area contributed by atoms with Crippen molar-refractivity contribution in [1.29, 1.82) is 0 Å². The van der Waals surface area contributed by atoms with E-state index in [-0.39, 0.29) is 12.0 Å². The highest BCUT2D eigenvalue weighted by Gasteiger charge is 2.22. The third-order valence-electron chi connectivity index (χ3n) is 4.36. The number of likely N-dealkylation sites (N-methyl/N-ethyl adjacent to an activating group) is 1. The third-order valence-corrected chi connectivity index (χ3v) is 4.36. The fraction of sp³-hybridized carbons (Fsp3) is 0.450. The maximum absolute atomic E-state index is 12.8. The molecular formula is C20H27N5O2. The van der Waals surface area contributed by atoms with Gasteiger partial charge in [-0.3, -0.25) is 4.79 Å². The topological polar surface area (TPSA) is 70.6 Å². The molecule has 0 bridgehead atoms. The Morgan fingerprint density at radius 1 is 1.15 bits per heavy atom. The van der Waals surface area contributed by atoms with Gasteiger partial charge in [0.25, 0.3) is 5.91 Å². The first-order valence-corrected chi connectivity index (χ1v) is 9.28. The molecule has 0 unspecified atom stereocenters. The summed E-state index contributed by atoms with van der Waals surface area (Å²) in [5, 5.41) is 3.20. The fourth-order valence-electron chi connectivity index (χ4n) is 2.95. The van der Waals surface area contributed by atoms with Gasteiger partial charge >= 0.3 is 0 Å². The molecule has 144 valence electrons. The van der Waals surface area contributed by atoms with Crippen LogP contribution in [0.3, 0.4) is 0 Å². The van der Waals surface area contributed by atoms with E-state index in [9.17, 15) is 4.79 Å². The largest absolute Gasteiger partial charge is 0.489 e. The molecule has 1 fully saturated rings. The minimum Gasteiger partial charge on any atom is -0.489 e. The molecule has 1 aliphatic heterocycles. The number of para-hydroxylation sites is 2. The minimum absolute atomic E-state index is 0.0524. The van der Waals surface area contributed by atoms with Crippen molar-refractivity contribution in [2.24, 2.45) is 0 Å². The number of nitrogens with one attached hydrogen (secondary N) is 1. The van der Waals surface area contributed by atoms with E-state index in [2.05, 4.69) is 27.2 Å². The van der Waals surface area contributed by atoms with Gasteiger partial charge in [0.05, 0.1) is 11.8 Å². The summed E-state index contributed by atoms with van der Waals surface area (Å²) < 4.78 is 5.83. The molecule has 1 aliphatic rings. The van der Waals surface area contributed by atoms with Crippen molar-refractivity contribution >= 4 is 17.5 Å². The Labute approximate surface area is 160 Å². The first kappa shape index (κ1) is 19.1. The number of aryl methyl sites for hydroxylation is 1. The first-order chi connectivity index (χ1) is 12.9. The lowest BCUT2D eigenvalue weighted by Crippen LogP contribution is -2.47. The van der Waals surface area contributed by atoms with E-state index in [1.54, 1.807) is 6.07 Å². The Morgan fingerprint density at radius 2 is 1.85 bits per heavy atom. The summed E-state index contributed by atoms with van der Waals surface area (Å²) >= 11 is 0. The number of amides is 1. The van der Waals surface area contributed by atoms with Gasteiger partial charge in [-0.1, -0.05) is 12.1 Å². The number of hydrogen-bond donors (Lipinski definition) is 1. The van der Waals surface area contributed by atoms with Crippen molar-refractivity contribution in [3.63, 3.8) is 0 Å². The summed E-state index contributed by atoms with van der Waals surface area (Å²) in [7, 11) is 2.06. The van der Waals surface area contributed by atoms with Crippen LogP contribution in [-0.2, 0) is 0 Å². The van der Waals surface area contributed by atoms with Gasteiger partial charge < -0.3 is 19.9 Å². The van der Waals surface area contributed by atoms with E-state index in [4.69, 9.17) is 4.74 Å². The number of carbonyl (C=O) groups excluding carboxylic acids is 1. The van der Waals surface area contributed by atoms with E-state index >= 15 is 0 Å². The predicted molar refractivity (Wildman–Crippen MR) is 106 cm³/mol. The van der Waals surface area contributed by atoms with Gasteiger partial charge in [0, 0.05) is 31.9 Å². The zero-order valence-corrected chi connectivity index (χ0v) is 16.4. The number of benzene rings is 1. The van der Waals surface area contributed by atoms with Gasteiger partial charge in [0.1, 0.15) is 11.4 Å². The van der Waals surface area contributed by atoms with E-state index in [1.807, 2.05) is 49.9 Å². The van der Waals surface area contributed by atoms with Crippen LogP contribution in [0.4, 0.5) is 11.6 Å². The van der Waals surface area contributed by atoms with Gasteiger partial charge in [-0.2, -0.15) is 0 Å². The van der Waals surface area contributed by atoms with Crippen molar-refractivity contribution in [3.8, 4) is 5.75 Å². The predicted octanol–water partition coefficient (Wildman–Crippen LogP) is 2.70. The molecular weight excluding hydrogens is 342 g/mol.